The van der Waals surface area contributed by atoms with E-state index in [9.17, 15) is 0 Å². The fraction of sp³-hybridized carbons (Fsp3) is 0.250. The maximum atomic E-state index is 5.97. The van der Waals surface area contributed by atoms with Crippen molar-refractivity contribution in [2.45, 2.75) is 5.25 Å². The predicted molar refractivity (Wildman–Crippen MR) is 51.7 cm³/mol. The van der Waals surface area contributed by atoms with E-state index in [1.807, 2.05) is 30.0 Å². The molecule has 0 bridgehead atoms. The van der Waals surface area contributed by atoms with Gasteiger partial charge < -0.3 is 0 Å². The molecule has 58 valence electrons. The van der Waals surface area contributed by atoms with E-state index in [4.69, 9.17) is 23.2 Å². The SMILES string of the molecule is Clc1cccc(Cl)c1C1CS1. The first-order valence-corrected chi connectivity index (χ1v) is 5.15. The number of hydrogen-bond acceptors (Lipinski definition) is 1. The van der Waals surface area contributed by atoms with Crippen LogP contribution in [-0.2, 0) is 0 Å². The van der Waals surface area contributed by atoms with Gasteiger partial charge in [0.25, 0.3) is 0 Å². The second-order valence-electron chi connectivity index (χ2n) is 2.46. The Morgan fingerprint density at radius 1 is 1.27 bits per heavy atom. The van der Waals surface area contributed by atoms with Crippen LogP contribution >= 0.6 is 35.0 Å². The zero-order valence-corrected chi connectivity index (χ0v) is 8.01. The van der Waals surface area contributed by atoms with E-state index < -0.39 is 0 Å². The quantitative estimate of drug-likeness (QED) is 0.628. The molecule has 0 aromatic heterocycles. The van der Waals surface area contributed by atoms with Gasteiger partial charge in [0.2, 0.25) is 0 Å². The van der Waals surface area contributed by atoms with Crippen molar-refractivity contribution in [1.82, 2.24) is 0 Å². The van der Waals surface area contributed by atoms with E-state index in [-0.39, 0.29) is 0 Å². The molecule has 1 aromatic carbocycles. The average molecular weight is 205 g/mol. The largest absolute Gasteiger partial charge is 0.151 e. The predicted octanol–water partition coefficient (Wildman–Crippen LogP) is 3.78. The topological polar surface area (TPSA) is 0 Å². The summed E-state index contributed by atoms with van der Waals surface area (Å²) in [5.74, 6) is 1.16. The molecule has 1 heterocycles. The summed E-state index contributed by atoms with van der Waals surface area (Å²) < 4.78 is 0. The van der Waals surface area contributed by atoms with Crippen LogP contribution in [0.25, 0.3) is 0 Å². The fourth-order valence-corrected chi connectivity index (χ4v) is 2.51. The molecule has 1 unspecified atom stereocenters. The summed E-state index contributed by atoms with van der Waals surface area (Å²) in [6.45, 7) is 0. The van der Waals surface area contributed by atoms with Crippen molar-refractivity contribution < 1.29 is 0 Å². The Labute approximate surface area is 79.9 Å². The van der Waals surface area contributed by atoms with Crippen molar-refractivity contribution >= 4 is 35.0 Å². The minimum atomic E-state index is 0.552. The molecule has 1 saturated heterocycles. The Kier molecular flexibility index (Phi) is 2.04. The summed E-state index contributed by atoms with van der Waals surface area (Å²) in [5, 5.41) is 2.15. The first kappa shape index (κ1) is 7.78. The molecule has 1 aromatic rings. The third-order valence-corrected chi connectivity index (χ3v) is 3.22. The van der Waals surface area contributed by atoms with Crippen molar-refractivity contribution in [3.05, 3.63) is 33.8 Å². The van der Waals surface area contributed by atoms with Crippen LogP contribution in [0.4, 0.5) is 0 Å². The molecule has 0 nitrogen and oxygen atoms in total. The normalized spacial score (nSPS) is 21.8. The number of hydrogen-bond donors (Lipinski definition) is 0. The first-order valence-electron chi connectivity index (χ1n) is 3.34. The number of rotatable bonds is 1. The Morgan fingerprint density at radius 3 is 2.27 bits per heavy atom. The van der Waals surface area contributed by atoms with Crippen molar-refractivity contribution in [2.24, 2.45) is 0 Å². The van der Waals surface area contributed by atoms with Crippen LogP contribution in [0.3, 0.4) is 0 Å². The molecule has 1 aliphatic heterocycles. The van der Waals surface area contributed by atoms with Gasteiger partial charge in [-0.1, -0.05) is 29.3 Å². The van der Waals surface area contributed by atoms with Gasteiger partial charge in [-0.05, 0) is 12.1 Å². The lowest BCUT2D eigenvalue weighted by Crippen LogP contribution is -1.82. The van der Waals surface area contributed by atoms with Crippen LogP contribution in [0.1, 0.15) is 10.8 Å². The standard InChI is InChI=1S/C8H6Cl2S/c9-5-2-1-3-6(10)8(5)7-4-11-7/h1-3,7H,4H2. The Hall–Kier alpha value is 0.150. The molecule has 3 heteroatoms. The highest BCUT2D eigenvalue weighted by Crippen LogP contribution is 2.50. The Balaban J connectivity index is 2.48. The average Bonchev–Trinajstić information content (AvgIpc) is 2.70. The molecule has 1 atom stereocenters. The molecule has 0 radical (unpaired) electrons. The lowest BCUT2D eigenvalue weighted by molar-refractivity contribution is 1.23. The number of benzene rings is 1. The van der Waals surface area contributed by atoms with E-state index in [2.05, 4.69) is 0 Å². The summed E-state index contributed by atoms with van der Waals surface area (Å²) in [5.41, 5.74) is 1.11. The van der Waals surface area contributed by atoms with Crippen LogP contribution in [0.15, 0.2) is 18.2 Å². The zero-order chi connectivity index (χ0) is 7.84. The van der Waals surface area contributed by atoms with E-state index in [1.165, 1.54) is 0 Å². The fourth-order valence-electron chi connectivity index (χ4n) is 1.03. The number of halogens is 2. The monoisotopic (exact) mass is 204 g/mol. The Morgan fingerprint density at radius 2 is 1.82 bits per heavy atom. The molecular weight excluding hydrogens is 199 g/mol. The van der Waals surface area contributed by atoms with Crippen LogP contribution in [0.5, 0.6) is 0 Å². The molecular formula is C8H6Cl2S. The number of thioether (sulfide) groups is 1. The zero-order valence-electron chi connectivity index (χ0n) is 5.68. The van der Waals surface area contributed by atoms with Gasteiger partial charge in [0.1, 0.15) is 0 Å². The van der Waals surface area contributed by atoms with E-state index >= 15 is 0 Å². The van der Waals surface area contributed by atoms with Gasteiger partial charge in [0.05, 0.1) is 0 Å². The van der Waals surface area contributed by atoms with Crippen LogP contribution in [-0.4, -0.2) is 5.75 Å². The van der Waals surface area contributed by atoms with Crippen LogP contribution < -0.4 is 0 Å². The van der Waals surface area contributed by atoms with Gasteiger partial charge in [-0.3, -0.25) is 0 Å². The summed E-state index contributed by atoms with van der Waals surface area (Å²) in [4.78, 5) is 0. The molecule has 0 amide bonds. The van der Waals surface area contributed by atoms with Crippen molar-refractivity contribution in [2.75, 3.05) is 5.75 Å². The molecule has 1 fully saturated rings. The molecule has 0 N–H and O–H groups in total. The second-order valence-corrected chi connectivity index (χ2v) is 4.51. The minimum absolute atomic E-state index is 0.552. The van der Waals surface area contributed by atoms with E-state index in [0.717, 1.165) is 21.4 Å². The second kappa shape index (κ2) is 2.89. The highest BCUT2D eigenvalue weighted by atomic mass is 35.5. The van der Waals surface area contributed by atoms with E-state index in [0.29, 0.717) is 5.25 Å². The van der Waals surface area contributed by atoms with Gasteiger partial charge in [-0.25, -0.2) is 0 Å². The minimum Gasteiger partial charge on any atom is -0.151 e. The van der Waals surface area contributed by atoms with Gasteiger partial charge in [0.15, 0.2) is 0 Å². The van der Waals surface area contributed by atoms with E-state index in [1.54, 1.807) is 0 Å². The van der Waals surface area contributed by atoms with Crippen molar-refractivity contribution in [3.8, 4) is 0 Å². The maximum Gasteiger partial charge on any atom is 0.0464 e. The summed E-state index contributed by atoms with van der Waals surface area (Å²) in [6, 6.07) is 5.66. The van der Waals surface area contributed by atoms with Gasteiger partial charge in [-0.15, -0.1) is 0 Å². The Bertz CT molecular complexity index is 261. The van der Waals surface area contributed by atoms with Crippen molar-refractivity contribution in [1.29, 1.82) is 0 Å². The lowest BCUT2D eigenvalue weighted by Gasteiger charge is -2.02. The van der Waals surface area contributed by atoms with Gasteiger partial charge >= 0.3 is 0 Å². The summed E-state index contributed by atoms with van der Waals surface area (Å²) in [6.07, 6.45) is 0. The summed E-state index contributed by atoms with van der Waals surface area (Å²) >= 11 is 13.8. The third kappa shape index (κ3) is 1.51. The molecule has 0 saturated carbocycles. The smallest absolute Gasteiger partial charge is 0.0464 e. The molecule has 11 heavy (non-hydrogen) atoms. The van der Waals surface area contributed by atoms with Gasteiger partial charge in [0, 0.05) is 26.6 Å². The molecule has 0 spiro atoms. The molecule has 2 rings (SSSR count). The molecule has 1 aliphatic rings. The lowest BCUT2D eigenvalue weighted by atomic mass is 10.2. The summed E-state index contributed by atoms with van der Waals surface area (Å²) in [7, 11) is 0. The maximum absolute atomic E-state index is 5.97. The highest BCUT2D eigenvalue weighted by Gasteiger charge is 2.28. The highest BCUT2D eigenvalue weighted by molar-refractivity contribution is 8.06. The molecule has 0 aliphatic carbocycles. The van der Waals surface area contributed by atoms with Crippen LogP contribution in [0.2, 0.25) is 10.0 Å². The van der Waals surface area contributed by atoms with Crippen molar-refractivity contribution in [3.63, 3.8) is 0 Å². The van der Waals surface area contributed by atoms with Crippen LogP contribution in [0, 0.1) is 0 Å². The van der Waals surface area contributed by atoms with Gasteiger partial charge in [-0.2, -0.15) is 11.8 Å². The third-order valence-electron chi connectivity index (χ3n) is 1.66. The first-order chi connectivity index (χ1) is 5.29.